The van der Waals surface area contributed by atoms with Crippen molar-refractivity contribution in [2.75, 3.05) is 26.0 Å². The minimum Gasteiger partial charge on any atom is -0.381 e. The Hall–Kier alpha value is -0.130. The number of rotatable bonds is 6. The highest BCUT2D eigenvalue weighted by atomic mass is 32.2. The van der Waals surface area contributed by atoms with E-state index in [2.05, 4.69) is 19.2 Å². The van der Waals surface area contributed by atoms with E-state index in [1.807, 2.05) is 0 Å². The van der Waals surface area contributed by atoms with Crippen molar-refractivity contribution < 1.29 is 13.2 Å². The summed E-state index contributed by atoms with van der Waals surface area (Å²) >= 11 is 0. The van der Waals surface area contributed by atoms with Gasteiger partial charge in [0, 0.05) is 32.1 Å². The van der Waals surface area contributed by atoms with Crippen LogP contribution in [0, 0.1) is 11.3 Å². The Morgan fingerprint density at radius 2 is 1.81 bits per heavy atom. The van der Waals surface area contributed by atoms with E-state index in [1.54, 1.807) is 0 Å². The molecule has 1 saturated carbocycles. The van der Waals surface area contributed by atoms with Crippen LogP contribution in [-0.4, -0.2) is 45.7 Å². The molecule has 1 aliphatic carbocycles. The van der Waals surface area contributed by atoms with Gasteiger partial charge in [-0.15, -0.1) is 0 Å². The van der Waals surface area contributed by atoms with E-state index >= 15 is 0 Å². The van der Waals surface area contributed by atoms with Crippen LogP contribution in [0.5, 0.6) is 0 Å². The zero-order valence-corrected chi connectivity index (χ0v) is 14.5. The Kier molecular flexibility index (Phi) is 5.71. The molecule has 0 amide bonds. The van der Waals surface area contributed by atoms with E-state index in [9.17, 15) is 8.42 Å². The second-order valence-corrected chi connectivity index (χ2v) is 9.97. The third-order valence-corrected chi connectivity index (χ3v) is 6.69. The molecule has 2 rings (SSSR count). The molecule has 4 nitrogen and oxygen atoms in total. The summed E-state index contributed by atoms with van der Waals surface area (Å²) in [4.78, 5) is 0. The molecule has 0 bridgehead atoms. The third kappa shape index (κ3) is 5.22. The van der Waals surface area contributed by atoms with Gasteiger partial charge in [0.15, 0.2) is 9.84 Å². The van der Waals surface area contributed by atoms with Gasteiger partial charge in [0.05, 0.1) is 5.25 Å². The Balaban J connectivity index is 1.83. The minimum absolute atomic E-state index is 0.147. The van der Waals surface area contributed by atoms with Crippen LogP contribution in [0.25, 0.3) is 0 Å². The normalized spacial score (nSPS) is 28.9. The van der Waals surface area contributed by atoms with Gasteiger partial charge in [-0.25, -0.2) is 8.42 Å². The summed E-state index contributed by atoms with van der Waals surface area (Å²) in [5.41, 5.74) is 0.215. The topological polar surface area (TPSA) is 55.4 Å². The lowest BCUT2D eigenvalue weighted by atomic mass is 9.79. The molecule has 0 aromatic heterocycles. The smallest absolute Gasteiger partial charge is 0.151 e. The zero-order chi connectivity index (χ0) is 15.5. The minimum atomic E-state index is -2.93. The van der Waals surface area contributed by atoms with E-state index in [4.69, 9.17) is 4.74 Å². The lowest BCUT2D eigenvalue weighted by Gasteiger charge is -2.33. The fourth-order valence-corrected chi connectivity index (χ4v) is 5.31. The second-order valence-electron chi connectivity index (χ2n) is 7.71. The molecular formula is C16H31NO3S. The third-order valence-electron chi connectivity index (χ3n) is 5.03. The van der Waals surface area contributed by atoms with Gasteiger partial charge in [0.1, 0.15) is 0 Å². The van der Waals surface area contributed by atoms with Crippen molar-refractivity contribution in [2.24, 2.45) is 11.3 Å². The molecule has 2 atom stereocenters. The Morgan fingerprint density at radius 1 is 1.14 bits per heavy atom. The maximum atomic E-state index is 11.8. The van der Waals surface area contributed by atoms with E-state index in [-0.39, 0.29) is 16.7 Å². The fraction of sp³-hybridized carbons (Fsp3) is 1.00. The lowest BCUT2D eigenvalue weighted by molar-refractivity contribution is 0.0509. The average Bonchev–Trinajstić information content (AvgIpc) is 2.85. The Labute approximate surface area is 129 Å². The Bertz CT molecular complexity index is 427. The first-order valence-corrected chi connectivity index (χ1v) is 10.2. The summed E-state index contributed by atoms with van der Waals surface area (Å²) in [6, 6.07) is 0.147. The first-order chi connectivity index (χ1) is 9.78. The molecule has 5 heteroatoms. The van der Waals surface area contributed by atoms with E-state index in [0.29, 0.717) is 0 Å². The second kappa shape index (κ2) is 6.97. The van der Waals surface area contributed by atoms with Crippen LogP contribution in [0.3, 0.4) is 0 Å². The van der Waals surface area contributed by atoms with E-state index in [1.165, 1.54) is 25.5 Å². The van der Waals surface area contributed by atoms with E-state index in [0.717, 1.165) is 44.9 Å². The molecule has 0 spiro atoms. The van der Waals surface area contributed by atoms with Crippen molar-refractivity contribution in [3.05, 3.63) is 0 Å². The number of sulfone groups is 1. The fourth-order valence-electron chi connectivity index (χ4n) is 3.88. The standard InChI is InChI=1S/C16H31NO3S/c1-16(2,11-13-7-9-20-10-8-13)12-17-14-5-4-6-15(14)21(3,18)19/h13-15,17H,4-12H2,1-3H3/t14-,15-/m0/s1. The molecule has 124 valence electrons. The van der Waals surface area contributed by atoms with Crippen LogP contribution in [-0.2, 0) is 14.6 Å². The molecule has 0 aromatic carbocycles. The van der Waals surface area contributed by atoms with Crippen molar-refractivity contribution in [3.63, 3.8) is 0 Å². The van der Waals surface area contributed by atoms with Gasteiger partial charge >= 0.3 is 0 Å². The predicted molar refractivity (Wildman–Crippen MR) is 86.2 cm³/mol. The monoisotopic (exact) mass is 317 g/mol. The van der Waals surface area contributed by atoms with Crippen LogP contribution in [0.4, 0.5) is 0 Å². The highest BCUT2D eigenvalue weighted by molar-refractivity contribution is 7.91. The highest BCUT2D eigenvalue weighted by Crippen LogP contribution is 2.32. The maximum Gasteiger partial charge on any atom is 0.151 e. The molecule has 1 heterocycles. The van der Waals surface area contributed by atoms with Crippen LogP contribution in [0.15, 0.2) is 0 Å². The predicted octanol–water partition coefficient (Wildman–Crippen LogP) is 2.38. The zero-order valence-electron chi connectivity index (χ0n) is 13.7. The molecule has 0 unspecified atom stereocenters. The van der Waals surface area contributed by atoms with Crippen molar-refractivity contribution in [1.82, 2.24) is 5.32 Å². The van der Waals surface area contributed by atoms with Crippen molar-refractivity contribution >= 4 is 9.84 Å². The van der Waals surface area contributed by atoms with Crippen molar-refractivity contribution in [1.29, 1.82) is 0 Å². The number of hydrogen-bond donors (Lipinski definition) is 1. The van der Waals surface area contributed by atoms with Crippen molar-refractivity contribution in [3.8, 4) is 0 Å². The molecule has 21 heavy (non-hydrogen) atoms. The lowest BCUT2D eigenvalue weighted by Crippen LogP contribution is -2.44. The summed E-state index contributed by atoms with van der Waals surface area (Å²) in [6.07, 6.45) is 7.74. The molecule has 0 radical (unpaired) electrons. The average molecular weight is 317 g/mol. The summed E-state index contributed by atoms with van der Waals surface area (Å²) in [7, 11) is -2.93. The first kappa shape index (κ1) is 17.2. The highest BCUT2D eigenvalue weighted by Gasteiger charge is 2.35. The number of nitrogens with one attached hydrogen (secondary N) is 1. The van der Waals surface area contributed by atoms with E-state index < -0.39 is 9.84 Å². The summed E-state index contributed by atoms with van der Waals surface area (Å²) < 4.78 is 29.1. The maximum absolute atomic E-state index is 11.8. The quantitative estimate of drug-likeness (QED) is 0.817. The van der Waals surface area contributed by atoms with Crippen molar-refractivity contribution in [2.45, 2.75) is 63.7 Å². The van der Waals surface area contributed by atoms with Crippen LogP contribution < -0.4 is 5.32 Å². The summed E-state index contributed by atoms with van der Waals surface area (Å²) in [6.45, 7) is 7.28. The molecule has 1 saturated heterocycles. The first-order valence-electron chi connectivity index (χ1n) is 8.28. The van der Waals surface area contributed by atoms with Gasteiger partial charge in [-0.2, -0.15) is 0 Å². The van der Waals surface area contributed by atoms with Gasteiger partial charge in [0.2, 0.25) is 0 Å². The van der Waals surface area contributed by atoms with Crippen LogP contribution in [0.1, 0.15) is 52.4 Å². The van der Waals surface area contributed by atoms with Gasteiger partial charge < -0.3 is 10.1 Å². The molecule has 2 aliphatic rings. The SMILES string of the molecule is CC(C)(CN[C@H]1CCC[C@@H]1S(C)(=O)=O)CC1CCOCC1. The molecule has 2 fully saturated rings. The largest absolute Gasteiger partial charge is 0.381 e. The Morgan fingerprint density at radius 3 is 2.43 bits per heavy atom. The molecule has 1 aliphatic heterocycles. The number of ether oxygens (including phenoxy) is 1. The number of hydrogen-bond acceptors (Lipinski definition) is 4. The molecule has 0 aromatic rings. The molecular weight excluding hydrogens is 286 g/mol. The van der Waals surface area contributed by atoms with Crippen LogP contribution in [0.2, 0.25) is 0 Å². The van der Waals surface area contributed by atoms with Gasteiger partial charge in [-0.05, 0) is 43.4 Å². The van der Waals surface area contributed by atoms with Gasteiger partial charge in [0.25, 0.3) is 0 Å². The summed E-state index contributed by atoms with van der Waals surface area (Å²) in [5.74, 6) is 0.754. The van der Waals surface area contributed by atoms with Gasteiger partial charge in [-0.1, -0.05) is 20.3 Å². The summed E-state index contributed by atoms with van der Waals surface area (Å²) in [5, 5.41) is 3.37. The van der Waals surface area contributed by atoms with Crippen LogP contribution >= 0.6 is 0 Å². The molecule has 1 N–H and O–H groups in total. The van der Waals surface area contributed by atoms with Gasteiger partial charge in [-0.3, -0.25) is 0 Å².